The molecule has 0 aliphatic carbocycles. The molecule has 0 spiro atoms. The van der Waals surface area contributed by atoms with E-state index in [0.29, 0.717) is 6.20 Å². The third kappa shape index (κ3) is 3.31. The Morgan fingerprint density at radius 2 is 1.78 bits per heavy atom. The second kappa shape index (κ2) is 4.71. The van der Waals surface area contributed by atoms with Crippen molar-refractivity contribution >= 4 is 11.6 Å². The maximum atomic E-state index is 12.4. The van der Waals surface area contributed by atoms with Gasteiger partial charge >= 0.3 is 12.5 Å². The highest BCUT2D eigenvalue weighted by Gasteiger charge is 2.42. The number of ether oxygens (including phenoxy) is 1. The van der Waals surface area contributed by atoms with Gasteiger partial charge in [-0.25, -0.2) is 4.98 Å². The second-order valence-corrected chi connectivity index (χ2v) is 3.25. The van der Waals surface area contributed by atoms with Crippen molar-refractivity contribution in [3.05, 3.63) is 17.5 Å². The molecule has 0 radical (unpaired) electrons. The van der Waals surface area contributed by atoms with Crippen LogP contribution in [-0.4, -0.2) is 16.5 Å². The predicted molar refractivity (Wildman–Crippen MR) is 47.1 cm³/mol. The van der Waals surface area contributed by atoms with Gasteiger partial charge in [0.1, 0.15) is 5.75 Å². The summed E-state index contributed by atoms with van der Waals surface area (Å²) in [6.45, 7) is 0. The van der Waals surface area contributed by atoms with E-state index in [1.165, 1.54) is 0 Å². The third-order valence-electron chi connectivity index (χ3n) is 1.73. The number of aromatic hydroxyl groups is 1. The summed E-state index contributed by atoms with van der Waals surface area (Å²) in [7, 11) is 0. The van der Waals surface area contributed by atoms with Crippen LogP contribution in [0.15, 0.2) is 6.20 Å². The van der Waals surface area contributed by atoms with Gasteiger partial charge in [0.15, 0.2) is 11.4 Å². The number of alkyl halides is 7. The van der Waals surface area contributed by atoms with Gasteiger partial charge in [-0.2, -0.15) is 13.2 Å². The van der Waals surface area contributed by atoms with Gasteiger partial charge in [0.05, 0.1) is 17.6 Å². The van der Waals surface area contributed by atoms with Crippen molar-refractivity contribution in [2.75, 3.05) is 0 Å². The van der Waals surface area contributed by atoms with Crippen LogP contribution >= 0.6 is 11.6 Å². The molecular weight excluding hydrogens is 292 g/mol. The number of pyridine rings is 1. The zero-order chi connectivity index (χ0) is 14.1. The van der Waals surface area contributed by atoms with Gasteiger partial charge in [-0.3, -0.25) is 0 Å². The molecule has 1 N–H and O–H groups in total. The van der Waals surface area contributed by atoms with E-state index < -0.39 is 41.2 Å². The fourth-order valence-electron chi connectivity index (χ4n) is 1.08. The summed E-state index contributed by atoms with van der Waals surface area (Å²) in [4.78, 5) is 2.68. The molecule has 1 rings (SSSR count). The average molecular weight is 296 g/mol. The first-order chi connectivity index (χ1) is 8.06. The van der Waals surface area contributed by atoms with E-state index in [9.17, 15) is 26.3 Å². The van der Waals surface area contributed by atoms with E-state index in [-0.39, 0.29) is 0 Å². The van der Waals surface area contributed by atoms with Crippen LogP contribution in [0, 0.1) is 0 Å². The molecule has 0 amide bonds. The number of hydrogen-bond acceptors (Lipinski definition) is 3. The van der Waals surface area contributed by atoms with Crippen LogP contribution < -0.4 is 4.74 Å². The fraction of sp³-hybridized carbons (Fsp3) is 0.375. The van der Waals surface area contributed by atoms with Gasteiger partial charge in [-0.15, -0.1) is 24.8 Å². The van der Waals surface area contributed by atoms with E-state index >= 15 is 0 Å². The molecule has 0 aliphatic heterocycles. The summed E-state index contributed by atoms with van der Waals surface area (Å²) >= 11 is 5.19. The molecule has 0 aromatic carbocycles. The first-order valence-electron chi connectivity index (χ1n) is 4.16. The quantitative estimate of drug-likeness (QED) is 0.671. The molecule has 102 valence electrons. The van der Waals surface area contributed by atoms with Crippen LogP contribution in [0.1, 0.15) is 11.3 Å². The standard InChI is InChI=1S/C8H4ClF6NO2/c9-1-3-4(17)2-16-6(7(10,11)12)5(3)18-8(13,14)15/h2,17H,1H2. The van der Waals surface area contributed by atoms with Crippen LogP contribution in [-0.2, 0) is 12.1 Å². The Morgan fingerprint density at radius 1 is 1.22 bits per heavy atom. The minimum atomic E-state index is -5.36. The van der Waals surface area contributed by atoms with Crippen molar-refractivity contribution in [1.82, 2.24) is 4.98 Å². The Kier molecular flexibility index (Phi) is 3.84. The highest BCUT2D eigenvalue weighted by Crippen LogP contribution is 2.42. The number of halogens is 7. The van der Waals surface area contributed by atoms with Crippen LogP contribution in [0.3, 0.4) is 0 Å². The van der Waals surface area contributed by atoms with Crippen LogP contribution in [0.4, 0.5) is 26.3 Å². The molecule has 3 nitrogen and oxygen atoms in total. The van der Waals surface area contributed by atoms with Gasteiger partial charge in [0.2, 0.25) is 0 Å². The lowest BCUT2D eigenvalue weighted by atomic mass is 10.2. The lowest BCUT2D eigenvalue weighted by Gasteiger charge is -2.17. The molecule has 0 saturated heterocycles. The van der Waals surface area contributed by atoms with Gasteiger partial charge in [0, 0.05) is 0 Å². The molecule has 1 heterocycles. The number of aromatic nitrogens is 1. The van der Waals surface area contributed by atoms with Crippen molar-refractivity contribution in [2.45, 2.75) is 18.4 Å². The summed E-state index contributed by atoms with van der Waals surface area (Å²) in [5.74, 6) is -3.37. The van der Waals surface area contributed by atoms with Crippen molar-refractivity contribution in [3.8, 4) is 11.5 Å². The maximum Gasteiger partial charge on any atom is 0.573 e. The molecule has 10 heteroatoms. The van der Waals surface area contributed by atoms with E-state index in [0.717, 1.165) is 0 Å². The second-order valence-electron chi connectivity index (χ2n) is 2.98. The molecule has 1 aromatic heterocycles. The van der Waals surface area contributed by atoms with E-state index in [1.807, 2.05) is 0 Å². The van der Waals surface area contributed by atoms with E-state index in [2.05, 4.69) is 9.72 Å². The van der Waals surface area contributed by atoms with Crippen LogP contribution in [0.25, 0.3) is 0 Å². The fourth-order valence-corrected chi connectivity index (χ4v) is 1.34. The number of rotatable bonds is 2. The van der Waals surface area contributed by atoms with Crippen molar-refractivity contribution in [2.24, 2.45) is 0 Å². The SMILES string of the molecule is Oc1cnc(C(F)(F)F)c(OC(F)(F)F)c1CCl. The normalized spacial score (nSPS) is 12.6. The molecule has 0 bridgehead atoms. The highest BCUT2D eigenvalue weighted by molar-refractivity contribution is 6.17. The van der Waals surface area contributed by atoms with E-state index in [4.69, 9.17) is 16.7 Å². The monoisotopic (exact) mass is 295 g/mol. The molecule has 0 unspecified atom stereocenters. The first kappa shape index (κ1) is 14.7. The largest absolute Gasteiger partial charge is 0.573 e. The Morgan fingerprint density at radius 3 is 2.17 bits per heavy atom. The third-order valence-corrected chi connectivity index (χ3v) is 2.00. The van der Waals surface area contributed by atoms with E-state index in [1.54, 1.807) is 0 Å². The molecule has 18 heavy (non-hydrogen) atoms. The Balaban J connectivity index is 3.45. The smallest absolute Gasteiger partial charge is 0.506 e. The highest BCUT2D eigenvalue weighted by atomic mass is 35.5. The summed E-state index contributed by atoms with van der Waals surface area (Å²) < 4.78 is 76.6. The Bertz CT molecular complexity index is 444. The molecular formula is C8H4ClF6NO2. The van der Waals surface area contributed by atoms with Crippen LogP contribution in [0.2, 0.25) is 0 Å². The van der Waals surface area contributed by atoms with Gasteiger partial charge in [-0.1, -0.05) is 0 Å². The summed E-state index contributed by atoms with van der Waals surface area (Å²) in [5, 5.41) is 9.12. The Labute approximate surface area is 101 Å². The number of hydrogen-bond donors (Lipinski definition) is 1. The topological polar surface area (TPSA) is 42.4 Å². The lowest BCUT2D eigenvalue weighted by molar-refractivity contribution is -0.276. The average Bonchev–Trinajstić information content (AvgIpc) is 2.13. The minimum absolute atomic E-state index is 0.351. The molecule has 0 aliphatic rings. The lowest BCUT2D eigenvalue weighted by Crippen LogP contribution is -2.22. The summed E-state index contributed by atoms with van der Waals surface area (Å²) in [6, 6.07) is 0. The molecule has 0 fully saturated rings. The Hall–Kier alpha value is -1.38. The number of nitrogens with zero attached hydrogens (tertiary/aromatic N) is 1. The predicted octanol–water partition coefficient (Wildman–Crippen LogP) is 3.44. The summed E-state index contributed by atoms with van der Waals surface area (Å²) in [5.41, 5.74) is -2.75. The zero-order valence-corrected chi connectivity index (χ0v) is 8.99. The first-order valence-corrected chi connectivity index (χ1v) is 4.69. The summed E-state index contributed by atoms with van der Waals surface area (Å²) in [6.07, 6.45) is -10.2. The maximum absolute atomic E-state index is 12.4. The molecule has 1 aromatic rings. The van der Waals surface area contributed by atoms with Crippen molar-refractivity contribution < 1.29 is 36.2 Å². The van der Waals surface area contributed by atoms with Gasteiger partial charge in [-0.05, 0) is 0 Å². The van der Waals surface area contributed by atoms with Crippen molar-refractivity contribution in [3.63, 3.8) is 0 Å². The molecule has 0 saturated carbocycles. The van der Waals surface area contributed by atoms with Gasteiger partial charge < -0.3 is 9.84 Å². The van der Waals surface area contributed by atoms with Gasteiger partial charge in [0.25, 0.3) is 0 Å². The van der Waals surface area contributed by atoms with Crippen LogP contribution in [0.5, 0.6) is 11.5 Å². The minimum Gasteiger partial charge on any atom is -0.506 e. The zero-order valence-electron chi connectivity index (χ0n) is 8.23. The molecule has 0 atom stereocenters. The van der Waals surface area contributed by atoms with Crippen molar-refractivity contribution in [1.29, 1.82) is 0 Å².